The number of nitriles is 1. The number of piperidine rings is 1. The largest absolute Gasteiger partial charge is 0.353 e. The van der Waals surface area contributed by atoms with Gasteiger partial charge in [0, 0.05) is 24.8 Å². The second-order valence-electron chi connectivity index (χ2n) is 5.19. The highest BCUT2D eigenvalue weighted by Gasteiger charge is 2.29. The van der Waals surface area contributed by atoms with Crippen LogP contribution in [0.25, 0.3) is 0 Å². The Labute approximate surface area is 118 Å². The first kappa shape index (κ1) is 12.8. The summed E-state index contributed by atoms with van der Waals surface area (Å²) in [6.45, 7) is 2.07. The number of halogens is 1. The van der Waals surface area contributed by atoms with E-state index in [2.05, 4.69) is 11.1 Å². The zero-order valence-electron chi connectivity index (χ0n) is 11.2. The number of rotatable bonds is 2. The highest BCUT2D eigenvalue weighted by atomic mass is 19.1. The summed E-state index contributed by atoms with van der Waals surface area (Å²) in [5, 5.41) is 8.86. The summed E-state index contributed by atoms with van der Waals surface area (Å²) in [5.41, 5.74) is 0.873. The van der Waals surface area contributed by atoms with Crippen LogP contribution in [0.4, 0.5) is 10.1 Å². The lowest BCUT2D eigenvalue weighted by atomic mass is 10.0. The number of para-hydroxylation sites is 1. The summed E-state index contributed by atoms with van der Waals surface area (Å²) in [6, 6.07) is 9.90. The van der Waals surface area contributed by atoms with E-state index in [0.29, 0.717) is 12.7 Å². The number of hydrogen-bond acceptors (Lipinski definition) is 4. The molecule has 0 bridgehead atoms. The van der Waals surface area contributed by atoms with E-state index in [4.69, 9.17) is 5.26 Å². The Morgan fingerprint density at radius 2 is 1.85 bits per heavy atom. The Hall–Kier alpha value is -2.22. The van der Waals surface area contributed by atoms with Crippen LogP contribution in [0.5, 0.6) is 0 Å². The normalized spacial score (nSPS) is 20.0. The first-order valence-corrected chi connectivity index (χ1v) is 6.88. The van der Waals surface area contributed by atoms with Crippen LogP contribution in [-0.4, -0.2) is 35.6 Å². The van der Waals surface area contributed by atoms with Crippen LogP contribution in [0, 0.1) is 11.5 Å². The summed E-state index contributed by atoms with van der Waals surface area (Å²) in [5.74, 6) is -0.209. The smallest absolute Gasteiger partial charge is 0.211 e. The van der Waals surface area contributed by atoms with Crippen molar-refractivity contribution < 1.29 is 4.39 Å². The molecule has 0 amide bonds. The minimum absolute atomic E-state index is 0.209. The predicted octanol–water partition coefficient (Wildman–Crippen LogP) is 2.48. The Morgan fingerprint density at radius 1 is 1.15 bits per heavy atom. The molecule has 0 atom stereocenters. The van der Waals surface area contributed by atoms with E-state index in [1.807, 2.05) is 30.3 Å². The third-order valence-electron chi connectivity index (χ3n) is 3.98. The van der Waals surface area contributed by atoms with Crippen LogP contribution in [0.1, 0.15) is 12.8 Å². The van der Waals surface area contributed by atoms with Gasteiger partial charge in [-0.2, -0.15) is 9.65 Å². The minimum atomic E-state index is -0.209. The summed E-state index contributed by atoms with van der Waals surface area (Å²) in [6.07, 6.45) is 5.58. The van der Waals surface area contributed by atoms with Crippen LogP contribution >= 0.6 is 0 Å². The van der Waals surface area contributed by atoms with Gasteiger partial charge in [0.15, 0.2) is 6.19 Å². The maximum absolute atomic E-state index is 14.1. The topological polar surface area (TPSA) is 33.5 Å². The average molecular weight is 272 g/mol. The molecule has 20 heavy (non-hydrogen) atoms. The first-order valence-electron chi connectivity index (χ1n) is 6.88. The van der Waals surface area contributed by atoms with E-state index >= 15 is 0 Å². The number of benzene rings is 1. The highest BCUT2D eigenvalue weighted by molar-refractivity contribution is 5.51. The van der Waals surface area contributed by atoms with Crippen molar-refractivity contribution in [3.05, 3.63) is 42.5 Å². The van der Waals surface area contributed by atoms with Crippen LogP contribution in [-0.2, 0) is 0 Å². The number of nitrogens with zero attached hydrogens (tertiary/aromatic N) is 4. The third kappa shape index (κ3) is 2.42. The van der Waals surface area contributed by atoms with E-state index in [0.717, 1.165) is 31.6 Å². The van der Waals surface area contributed by atoms with Crippen LogP contribution in [0.3, 0.4) is 0 Å². The summed E-state index contributed by atoms with van der Waals surface area (Å²) in [4.78, 5) is 5.50. The van der Waals surface area contributed by atoms with Crippen molar-refractivity contribution in [3.63, 3.8) is 0 Å². The SMILES string of the molecule is N#CN1CCC(N2C=C(F)N(c3ccccc3)C2)CC1. The maximum Gasteiger partial charge on any atom is 0.211 e. The molecule has 2 aliphatic heterocycles. The molecule has 1 fully saturated rings. The van der Waals surface area contributed by atoms with E-state index in [9.17, 15) is 4.39 Å². The van der Waals surface area contributed by atoms with E-state index in [1.165, 1.54) is 0 Å². The van der Waals surface area contributed by atoms with Crippen molar-refractivity contribution in [2.45, 2.75) is 18.9 Å². The summed E-state index contributed by atoms with van der Waals surface area (Å²) in [7, 11) is 0. The van der Waals surface area contributed by atoms with Gasteiger partial charge in [0.25, 0.3) is 0 Å². The van der Waals surface area contributed by atoms with Gasteiger partial charge in [-0.05, 0) is 25.0 Å². The minimum Gasteiger partial charge on any atom is -0.353 e. The average Bonchev–Trinajstić information content (AvgIpc) is 2.90. The molecule has 1 saturated heterocycles. The van der Waals surface area contributed by atoms with E-state index in [1.54, 1.807) is 16.0 Å². The molecule has 0 unspecified atom stereocenters. The standard InChI is InChI=1S/C15H17FN4/c16-15-10-19(13-6-8-18(11-17)9-7-13)12-20(15)14-4-2-1-3-5-14/h1-5,10,13H,6-9,12H2. The van der Waals surface area contributed by atoms with Crippen molar-refractivity contribution in [1.29, 1.82) is 5.26 Å². The molecular formula is C15H17FN4. The van der Waals surface area contributed by atoms with Crippen molar-refractivity contribution in [2.24, 2.45) is 0 Å². The van der Waals surface area contributed by atoms with Gasteiger partial charge in [0.05, 0.1) is 12.9 Å². The molecule has 3 rings (SSSR count). The van der Waals surface area contributed by atoms with Gasteiger partial charge in [-0.25, -0.2) is 0 Å². The van der Waals surface area contributed by atoms with Gasteiger partial charge in [-0.3, -0.25) is 4.90 Å². The molecule has 0 aromatic heterocycles. The summed E-state index contributed by atoms with van der Waals surface area (Å²) >= 11 is 0. The quantitative estimate of drug-likeness (QED) is 0.612. The Bertz CT molecular complexity index is 529. The monoisotopic (exact) mass is 272 g/mol. The molecule has 0 N–H and O–H groups in total. The van der Waals surface area contributed by atoms with Crippen molar-refractivity contribution in [2.75, 3.05) is 24.7 Å². The molecule has 1 aromatic rings. The molecule has 104 valence electrons. The zero-order valence-corrected chi connectivity index (χ0v) is 11.2. The molecular weight excluding hydrogens is 255 g/mol. The van der Waals surface area contributed by atoms with Gasteiger partial charge in [-0.15, -0.1) is 0 Å². The molecule has 2 heterocycles. The molecule has 4 nitrogen and oxygen atoms in total. The highest BCUT2D eigenvalue weighted by Crippen LogP contribution is 2.28. The van der Waals surface area contributed by atoms with Crippen LogP contribution in [0.2, 0.25) is 0 Å². The van der Waals surface area contributed by atoms with Gasteiger partial charge in [0.1, 0.15) is 0 Å². The molecule has 1 aromatic carbocycles. The lowest BCUT2D eigenvalue weighted by Crippen LogP contribution is -2.42. The van der Waals surface area contributed by atoms with Crippen molar-refractivity contribution >= 4 is 5.69 Å². The molecule has 5 heteroatoms. The van der Waals surface area contributed by atoms with Gasteiger partial charge >= 0.3 is 0 Å². The lowest BCUT2D eigenvalue weighted by molar-refractivity contribution is 0.187. The zero-order chi connectivity index (χ0) is 13.9. The Morgan fingerprint density at radius 3 is 2.50 bits per heavy atom. The van der Waals surface area contributed by atoms with Crippen LogP contribution < -0.4 is 4.90 Å². The van der Waals surface area contributed by atoms with Gasteiger partial charge < -0.3 is 9.80 Å². The first-order chi connectivity index (χ1) is 9.78. The lowest BCUT2D eigenvalue weighted by Gasteiger charge is -2.34. The van der Waals surface area contributed by atoms with Crippen molar-refractivity contribution in [1.82, 2.24) is 9.80 Å². The fraction of sp³-hybridized carbons (Fsp3) is 0.400. The number of hydrogen-bond donors (Lipinski definition) is 0. The molecule has 2 aliphatic rings. The fourth-order valence-electron chi connectivity index (χ4n) is 2.81. The molecule has 0 spiro atoms. The Kier molecular flexibility index (Phi) is 3.46. The van der Waals surface area contributed by atoms with Gasteiger partial charge in [0.2, 0.25) is 5.95 Å². The van der Waals surface area contributed by atoms with Crippen LogP contribution in [0.15, 0.2) is 42.5 Å². The fourth-order valence-corrected chi connectivity index (χ4v) is 2.81. The van der Waals surface area contributed by atoms with Gasteiger partial charge in [-0.1, -0.05) is 18.2 Å². The van der Waals surface area contributed by atoms with E-state index < -0.39 is 0 Å². The maximum atomic E-state index is 14.1. The van der Waals surface area contributed by atoms with Crippen molar-refractivity contribution in [3.8, 4) is 6.19 Å². The summed E-state index contributed by atoms with van der Waals surface area (Å²) < 4.78 is 14.1. The second kappa shape index (κ2) is 5.41. The van der Waals surface area contributed by atoms with E-state index in [-0.39, 0.29) is 5.95 Å². The second-order valence-corrected chi connectivity index (χ2v) is 5.19. The third-order valence-corrected chi connectivity index (χ3v) is 3.98. The number of anilines is 1. The Balaban J connectivity index is 1.66. The molecule has 0 radical (unpaired) electrons. The number of likely N-dealkylation sites (tertiary alicyclic amines) is 1. The predicted molar refractivity (Wildman–Crippen MR) is 75.0 cm³/mol. The molecule has 0 saturated carbocycles. The molecule has 0 aliphatic carbocycles.